The van der Waals surface area contributed by atoms with E-state index in [1.807, 2.05) is 12.1 Å². The van der Waals surface area contributed by atoms with Gasteiger partial charge < -0.3 is 9.64 Å². The van der Waals surface area contributed by atoms with E-state index < -0.39 is 5.97 Å². The summed E-state index contributed by atoms with van der Waals surface area (Å²) in [7, 11) is 0. The van der Waals surface area contributed by atoms with E-state index in [9.17, 15) is 4.79 Å². The van der Waals surface area contributed by atoms with Crippen LogP contribution in [0.1, 0.15) is 13.8 Å². The van der Waals surface area contributed by atoms with Gasteiger partial charge in [0.05, 0.1) is 23.9 Å². The lowest BCUT2D eigenvalue weighted by Gasteiger charge is -2.17. The maximum absolute atomic E-state index is 11.6. The third kappa shape index (κ3) is 3.29. The topological polar surface area (TPSA) is 33.9 Å². The van der Waals surface area contributed by atoms with Gasteiger partial charge in [0, 0.05) is 11.4 Å². The first-order valence-corrected chi connectivity index (χ1v) is 7.53. The molecule has 0 aliphatic carbocycles. The normalized spacial score (nSPS) is 15.8. The molecule has 0 aromatic heterocycles. The largest absolute Gasteiger partial charge is 0.471 e. The molecule has 0 N–H and O–H groups in total. The molecule has 0 fully saturated rings. The lowest BCUT2D eigenvalue weighted by atomic mass is 10.3. The SMILES string of the molecule is [C-]#[N+]C(=CC=C1Sc2ccccc2N1CC)C(=O)OCC. The van der Waals surface area contributed by atoms with Crippen molar-refractivity contribution in [3.8, 4) is 0 Å². The summed E-state index contributed by atoms with van der Waals surface area (Å²) in [4.78, 5) is 18.2. The highest BCUT2D eigenvalue weighted by molar-refractivity contribution is 8.03. The third-order valence-corrected chi connectivity index (χ3v) is 4.07. The first-order chi connectivity index (χ1) is 10.2. The van der Waals surface area contributed by atoms with E-state index >= 15 is 0 Å². The second-order valence-electron chi connectivity index (χ2n) is 4.20. The second-order valence-corrected chi connectivity index (χ2v) is 5.27. The standard InChI is InChI=1S/C16H16N2O2S/c1-4-18-13-8-6-7-9-14(13)21-15(18)11-10-12(17-3)16(19)20-5-2/h6-11H,4-5H2,1-2H3. The molecule has 1 aromatic rings. The monoisotopic (exact) mass is 300 g/mol. The molecule has 0 radical (unpaired) electrons. The van der Waals surface area contributed by atoms with Crippen molar-refractivity contribution >= 4 is 23.4 Å². The van der Waals surface area contributed by atoms with Crippen LogP contribution in [0.25, 0.3) is 4.85 Å². The van der Waals surface area contributed by atoms with Gasteiger partial charge in [0.15, 0.2) is 0 Å². The van der Waals surface area contributed by atoms with Gasteiger partial charge in [-0.1, -0.05) is 23.9 Å². The predicted molar refractivity (Wildman–Crippen MR) is 84.7 cm³/mol. The van der Waals surface area contributed by atoms with Crippen LogP contribution < -0.4 is 4.90 Å². The molecule has 1 aliphatic rings. The number of hydrogen-bond acceptors (Lipinski definition) is 4. The molecule has 0 amide bonds. The summed E-state index contributed by atoms with van der Waals surface area (Å²) in [5, 5.41) is 1.00. The number of hydrogen-bond donors (Lipinski definition) is 0. The smallest absolute Gasteiger partial charge is 0.336 e. The first-order valence-electron chi connectivity index (χ1n) is 6.72. The van der Waals surface area contributed by atoms with E-state index in [4.69, 9.17) is 11.3 Å². The van der Waals surface area contributed by atoms with E-state index in [1.54, 1.807) is 24.8 Å². The summed E-state index contributed by atoms with van der Waals surface area (Å²) in [5.41, 5.74) is 1.15. The Labute approximate surface area is 128 Å². The number of esters is 1. The molecular weight excluding hydrogens is 284 g/mol. The number of ether oxygens (including phenoxy) is 1. The molecular formula is C16H16N2O2S. The number of allylic oxidation sites excluding steroid dienone is 2. The Morgan fingerprint density at radius 2 is 2.19 bits per heavy atom. The molecule has 1 heterocycles. The third-order valence-electron chi connectivity index (χ3n) is 2.94. The Morgan fingerprint density at radius 1 is 1.43 bits per heavy atom. The molecule has 0 saturated heterocycles. The quantitative estimate of drug-likeness (QED) is 0.481. The summed E-state index contributed by atoms with van der Waals surface area (Å²) in [6, 6.07) is 8.14. The van der Waals surface area contributed by atoms with Crippen molar-refractivity contribution in [3.63, 3.8) is 0 Å². The molecule has 0 unspecified atom stereocenters. The second kappa shape index (κ2) is 7.00. The van der Waals surface area contributed by atoms with Crippen molar-refractivity contribution in [1.82, 2.24) is 0 Å². The molecule has 0 saturated carbocycles. The summed E-state index contributed by atoms with van der Waals surface area (Å²) in [5.74, 6) is -0.576. The zero-order valence-electron chi connectivity index (χ0n) is 12.0. The number of anilines is 1. The Balaban J connectivity index is 2.26. The van der Waals surface area contributed by atoms with Crippen molar-refractivity contribution in [1.29, 1.82) is 0 Å². The molecule has 1 aromatic carbocycles. The Hall–Kier alpha value is -2.19. The van der Waals surface area contributed by atoms with Gasteiger partial charge in [0.25, 0.3) is 5.70 Å². The van der Waals surface area contributed by atoms with Gasteiger partial charge in [0.1, 0.15) is 0 Å². The Morgan fingerprint density at radius 3 is 2.86 bits per heavy atom. The van der Waals surface area contributed by atoms with Gasteiger partial charge in [-0.15, -0.1) is 0 Å². The fourth-order valence-corrected chi connectivity index (χ4v) is 3.14. The highest BCUT2D eigenvalue weighted by atomic mass is 32.2. The number of para-hydroxylation sites is 1. The maximum atomic E-state index is 11.6. The minimum atomic E-state index is -0.576. The molecule has 108 valence electrons. The fourth-order valence-electron chi connectivity index (χ4n) is 2.01. The highest BCUT2D eigenvalue weighted by Gasteiger charge is 2.22. The van der Waals surface area contributed by atoms with Crippen LogP contribution in [-0.4, -0.2) is 19.1 Å². The number of fused-ring (bicyclic) bond motifs is 1. The van der Waals surface area contributed by atoms with Crippen LogP contribution in [0.15, 0.2) is 52.0 Å². The lowest BCUT2D eigenvalue weighted by molar-refractivity contribution is -0.138. The van der Waals surface area contributed by atoms with Crippen molar-refractivity contribution in [2.45, 2.75) is 18.7 Å². The number of carbonyl (C=O) groups excluding carboxylic acids is 1. The first kappa shape index (κ1) is 15.2. The summed E-state index contributed by atoms with van der Waals surface area (Å²) >= 11 is 1.63. The van der Waals surface area contributed by atoms with Crippen molar-refractivity contribution in [3.05, 3.63) is 58.6 Å². The molecule has 0 atom stereocenters. The minimum absolute atomic E-state index is 0.00282. The van der Waals surface area contributed by atoms with Gasteiger partial charge in [-0.3, -0.25) is 4.79 Å². The van der Waals surface area contributed by atoms with E-state index in [2.05, 4.69) is 28.8 Å². The van der Waals surface area contributed by atoms with Gasteiger partial charge >= 0.3 is 5.97 Å². The Bertz CT molecular complexity index is 644. The Kier molecular flexibility index (Phi) is 5.07. The van der Waals surface area contributed by atoms with Crippen LogP contribution in [0.4, 0.5) is 5.69 Å². The summed E-state index contributed by atoms with van der Waals surface area (Å²) < 4.78 is 4.85. The number of thioether (sulfide) groups is 1. The molecule has 2 rings (SSSR count). The van der Waals surface area contributed by atoms with Crippen LogP contribution in [0.3, 0.4) is 0 Å². The summed E-state index contributed by atoms with van der Waals surface area (Å²) in [6.45, 7) is 12.0. The van der Waals surface area contributed by atoms with E-state index in [0.717, 1.165) is 17.3 Å². The molecule has 21 heavy (non-hydrogen) atoms. The molecule has 0 spiro atoms. The average Bonchev–Trinajstić information content (AvgIpc) is 2.85. The lowest BCUT2D eigenvalue weighted by Crippen LogP contribution is -2.16. The van der Waals surface area contributed by atoms with E-state index in [-0.39, 0.29) is 12.3 Å². The van der Waals surface area contributed by atoms with Gasteiger partial charge in [-0.25, -0.2) is 4.85 Å². The molecule has 4 nitrogen and oxygen atoms in total. The van der Waals surface area contributed by atoms with Crippen molar-refractivity contribution in [2.24, 2.45) is 0 Å². The van der Waals surface area contributed by atoms with E-state index in [1.165, 1.54) is 11.0 Å². The molecule has 1 aliphatic heterocycles. The predicted octanol–water partition coefficient (Wildman–Crippen LogP) is 3.83. The van der Waals surface area contributed by atoms with E-state index in [0.29, 0.717) is 0 Å². The zero-order valence-corrected chi connectivity index (χ0v) is 12.8. The average molecular weight is 300 g/mol. The summed E-state index contributed by atoms with van der Waals surface area (Å²) in [6.07, 6.45) is 3.33. The van der Waals surface area contributed by atoms with Crippen LogP contribution in [0, 0.1) is 6.57 Å². The highest BCUT2D eigenvalue weighted by Crippen LogP contribution is 2.45. The van der Waals surface area contributed by atoms with Crippen LogP contribution >= 0.6 is 11.8 Å². The van der Waals surface area contributed by atoms with Crippen molar-refractivity contribution in [2.75, 3.05) is 18.1 Å². The van der Waals surface area contributed by atoms with Crippen LogP contribution in [-0.2, 0) is 9.53 Å². The van der Waals surface area contributed by atoms with Crippen LogP contribution in [0.2, 0.25) is 0 Å². The molecule has 0 bridgehead atoms. The minimum Gasteiger partial charge on any atom is -0.471 e. The van der Waals surface area contributed by atoms with Gasteiger partial charge in [-0.2, -0.15) is 0 Å². The van der Waals surface area contributed by atoms with Gasteiger partial charge in [0.2, 0.25) is 0 Å². The number of rotatable bonds is 4. The van der Waals surface area contributed by atoms with Gasteiger partial charge in [-0.05, 0) is 38.1 Å². The van der Waals surface area contributed by atoms with Crippen molar-refractivity contribution < 1.29 is 9.53 Å². The zero-order chi connectivity index (χ0) is 15.2. The molecule has 5 heteroatoms. The number of nitrogens with zero attached hydrogens (tertiary/aromatic N) is 2. The number of carbonyl (C=O) groups is 1. The van der Waals surface area contributed by atoms with Crippen LogP contribution in [0.5, 0.6) is 0 Å². The maximum Gasteiger partial charge on any atom is 0.336 e. The fraction of sp³-hybridized carbons (Fsp3) is 0.250. The number of benzene rings is 1.